The van der Waals surface area contributed by atoms with Gasteiger partial charge in [0.05, 0.1) is 11.1 Å². The molecule has 3 nitrogen and oxygen atoms in total. The number of aliphatic hydroxyl groups is 1. The summed E-state index contributed by atoms with van der Waals surface area (Å²) in [5.41, 5.74) is 1.49. The molecule has 2 aromatic rings. The van der Waals surface area contributed by atoms with Gasteiger partial charge in [0, 0.05) is 18.7 Å². The van der Waals surface area contributed by atoms with Gasteiger partial charge in [0.1, 0.15) is 6.10 Å². The molecule has 3 rings (SSSR count). The van der Waals surface area contributed by atoms with E-state index in [0.29, 0.717) is 0 Å². The molecule has 1 heterocycles. The smallest absolute Gasteiger partial charge is 0.108 e. The quantitative estimate of drug-likeness (QED) is 0.901. The molecule has 1 aromatic carbocycles. The van der Waals surface area contributed by atoms with Crippen LogP contribution in [0, 0.1) is 0 Å². The van der Waals surface area contributed by atoms with Gasteiger partial charge in [0.2, 0.25) is 0 Å². The highest BCUT2D eigenvalue weighted by Crippen LogP contribution is 2.45. The normalized spacial score (nSPS) is 19.4. The van der Waals surface area contributed by atoms with Crippen LogP contribution in [-0.4, -0.2) is 22.8 Å². The number of aromatic nitrogens is 1. The molecule has 1 aliphatic carbocycles. The molecule has 94 valence electrons. The monoisotopic (exact) mass is 243 g/mol. The van der Waals surface area contributed by atoms with Crippen LogP contribution in [0.3, 0.4) is 0 Å². The van der Waals surface area contributed by atoms with Crippen molar-refractivity contribution in [3.8, 4) is 0 Å². The Kier molecular flexibility index (Phi) is 2.80. The Morgan fingerprint density at radius 3 is 2.83 bits per heavy atom. The van der Waals surface area contributed by atoms with Crippen LogP contribution in [0.5, 0.6) is 0 Å². The Morgan fingerprint density at radius 2 is 2.17 bits per heavy atom. The lowest BCUT2D eigenvalue weighted by atomic mass is 9.73. The summed E-state index contributed by atoms with van der Waals surface area (Å²) in [4.78, 5) is 4.29. The number of methoxy groups -OCH3 is 1. The van der Waals surface area contributed by atoms with E-state index in [1.54, 1.807) is 13.3 Å². The minimum atomic E-state index is -0.555. The van der Waals surface area contributed by atoms with E-state index in [1.165, 1.54) is 0 Å². The summed E-state index contributed by atoms with van der Waals surface area (Å²) in [5.74, 6) is 0. The number of pyridine rings is 1. The van der Waals surface area contributed by atoms with E-state index in [4.69, 9.17) is 4.74 Å². The molecule has 1 fully saturated rings. The molecule has 1 aromatic heterocycles. The van der Waals surface area contributed by atoms with Crippen LogP contribution in [0.1, 0.15) is 30.9 Å². The lowest BCUT2D eigenvalue weighted by Gasteiger charge is -2.44. The molecule has 3 heteroatoms. The van der Waals surface area contributed by atoms with Crippen molar-refractivity contribution in [2.45, 2.75) is 31.0 Å². The molecule has 18 heavy (non-hydrogen) atoms. The van der Waals surface area contributed by atoms with Gasteiger partial charge in [-0.15, -0.1) is 0 Å². The van der Waals surface area contributed by atoms with Crippen LogP contribution in [0.2, 0.25) is 0 Å². The maximum Gasteiger partial charge on any atom is 0.108 e. The van der Waals surface area contributed by atoms with E-state index in [0.717, 1.165) is 35.7 Å². The maximum atomic E-state index is 10.5. The first kappa shape index (κ1) is 11.6. The number of hydrogen-bond donors (Lipinski definition) is 1. The Balaban J connectivity index is 1.98. The van der Waals surface area contributed by atoms with Crippen LogP contribution in [-0.2, 0) is 4.74 Å². The zero-order valence-corrected chi connectivity index (χ0v) is 10.5. The lowest BCUT2D eigenvalue weighted by Crippen LogP contribution is -2.45. The molecule has 0 saturated heterocycles. The second-order valence-corrected chi connectivity index (χ2v) is 4.98. The fourth-order valence-electron chi connectivity index (χ4n) is 2.68. The summed E-state index contributed by atoms with van der Waals surface area (Å²) in [7, 11) is 1.69. The van der Waals surface area contributed by atoms with Crippen LogP contribution in [0.4, 0.5) is 0 Å². The standard InChI is InChI=1S/C15H17NO2/c1-18-15(7-3-8-15)14(17)12-5-6-13-11(10-12)4-2-9-16-13/h2,4-6,9-10,14,17H,3,7-8H2,1H3. The number of aliphatic hydroxyl groups excluding tert-OH is 1. The van der Waals surface area contributed by atoms with Crippen molar-refractivity contribution in [2.75, 3.05) is 7.11 Å². The first-order valence-corrected chi connectivity index (χ1v) is 6.33. The number of hydrogen-bond acceptors (Lipinski definition) is 3. The van der Waals surface area contributed by atoms with Crippen molar-refractivity contribution in [2.24, 2.45) is 0 Å². The summed E-state index contributed by atoms with van der Waals surface area (Å²) in [5, 5.41) is 11.6. The third kappa shape index (κ3) is 1.71. The van der Waals surface area contributed by atoms with Crippen molar-refractivity contribution < 1.29 is 9.84 Å². The van der Waals surface area contributed by atoms with Gasteiger partial charge in [-0.25, -0.2) is 0 Å². The van der Waals surface area contributed by atoms with E-state index in [2.05, 4.69) is 4.98 Å². The highest BCUT2D eigenvalue weighted by atomic mass is 16.5. The third-order valence-electron chi connectivity index (χ3n) is 4.05. The molecule has 1 atom stereocenters. The summed E-state index contributed by atoms with van der Waals surface area (Å²) in [6.07, 6.45) is 4.20. The van der Waals surface area contributed by atoms with Crippen LogP contribution in [0.15, 0.2) is 36.5 Å². The van der Waals surface area contributed by atoms with Crippen molar-refractivity contribution in [1.29, 1.82) is 0 Å². The fraction of sp³-hybridized carbons (Fsp3) is 0.400. The first-order chi connectivity index (χ1) is 8.75. The van der Waals surface area contributed by atoms with Crippen LogP contribution >= 0.6 is 0 Å². The van der Waals surface area contributed by atoms with E-state index >= 15 is 0 Å². The Bertz CT molecular complexity index is 558. The molecular weight excluding hydrogens is 226 g/mol. The van der Waals surface area contributed by atoms with Gasteiger partial charge < -0.3 is 9.84 Å². The van der Waals surface area contributed by atoms with Crippen molar-refractivity contribution in [3.05, 3.63) is 42.1 Å². The minimum Gasteiger partial charge on any atom is -0.385 e. The molecule has 1 N–H and O–H groups in total. The first-order valence-electron chi connectivity index (χ1n) is 6.33. The summed E-state index contributed by atoms with van der Waals surface area (Å²) in [6, 6.07) is 9.83. The number of ether oxygens (including phenoxy) is 1. The number of fused-ring (bicyclic) bond motifs is 1. The van der Waals surface area contributed by atoms with Crippen molar-refractivity contribution in [1.82, 2.24) is 4.98 Å². The van der Waals surface area contributed by atoms with E-state index < -0.39 is 6.10 Å². The highest BCUT2D eigenvalue weighted by molar-refractivity contribution is 5.79. The Morgan fingerprint density at radius 1 is 1.33 bits per heavy atom. The predicted octanol–water partition coefficient (Wildman–Crippen LogP) is 2.84. The van der Waals surface area contributed by atoms with Crippen LogP contribution in [0.25, 0.3) is 10.9 Å². The van der Waals surface area contributed by atoms with Gasteiger partial charge >= 0.3 is 0 Å². The second-order valence-electron chi connectivity index (χ2n) is 4.98. The summed E-state index contributed by atoms with van der Waals surface area (Å²) in [6.45, 7) is 0. The summed E-state index contributed by atoms with van der Waals surface area (Å²) >= 11 is 0. The average Bonchev–Trinajstić information content (AvgIpc) is 2.37. The van der Waals surface area contributed by atoms with E-state index in [9.17, 15) is 5.11 Å². The Hall–Kier alpha value is -1.45. The number of rotatable bonds is 3. The zero-order chi connectivity index (χ0) is 12.6. The van der Waals surface area contributed by atoms with Gasteiger partial charge in [-0.1, -0.05) is 12.1 Å². The number of benzene rings is 1. The molecule has 0 amide bonds. The van der Waals surface area contributed by atoms with Crippen molar-refractivity contribution >= 4 is 10.9 Å². The van der Waals surface area contributed by atoms with Crippen molar-refractivity contribution in [3.63, 3.8) is 0 Å². The topological polar surface area (TPSA) is 42.4 Å². The van der Waals surface area contributed by atoms with E-state index in [-0.39, 0.29) is 5.60 Å². The predicted molar refractivity (Wildman–Crippen MR) is 70.3 cm³/mol. The molecule has 0 spiro atoms. The largest absolute Gasteiger partial charge is 0.385 e. The summed E-state index contributed by atoms with van der Waals surface area (Å²) < 4.78 is 5.54. The highest BCUT2D eigenvalue weighted by Gasteiger charge is 2.44. The van der Waals surface area contributed by atoms with Gasteiger partial charge in [-0.05, 0) is 43.0 Å². The fourth-order valence-corrected chi connectivity index (χ4v) is 2.68. The van der Waals surface area contributed by atoms with Gasteiger partial charge in [0.25, 0.3) is 0 Å². The van der Waals surface area contributed by atoms with Crippen LogP contribution < -0.4 is 0 Å². The lowest BCUT2D eigenvalue weighted by molar-refractivity contribution is -0.151. The molecule has 0 aliphatic heterocycles. The second kappa shape index (κ2) is 4.34. The molecule has 1 unspecified atom stereocenters. The Labute approximate surface area is 106 Å². The molecule has 1 aliphatic rings. The van der Waals surface area contributed by atoms with Gasteiger partial charge in [-0.3, -0.25) is 4.98 Å². The molecule has 0 radical (unpaired) electrons. The molecule has 1 saturated carbocycles. The third-order valence-corrected chi connectivity index (χ3v) is 4.05. The average molecular weight is 243 g/mol. The maximum absolute atomic E-state index is 10.5. The van der Waals surface area contributed by atoms with Gasteiger partial charge in [0.15, 0.2) is 0 Å². The SMILES string of the molecule is COC1(C(O)c2ccc3ncccc3c2)CCC1. The van der Waals surface area contributed by atoms with E-state index in [1.807, 2.05) is 30.3 Å². The van der Waals surface area contributed by atoms with Gasteiger partial charge in [-0.2, -0.15) is 0 Å². The minimum absolute atomic E-state index is 0.379. The number of nitrogens with zero attached hydrogens (tertiary/aromatic N) is 1. The zero-order valence-electron chi connectivity index (χ0n) is 10.5. The molecular formula is C15H17NO2. The molecule has 0 bridgehead atoms.